The van der Waals surface area contributed by atoms with Crippen molar-refractivity contribution >= 4 is 21.4 Å². The minimum Gasteiger partial charge on any atom is -0.368 e. The zero-order chi connectivity index (χ0) is 21.4. The molecule has 11 heteroatoms. The summed E-state index contributed by atoms with van der Waals surface area (Å²) >= 11 is 0. The van der Waals surface area contributed by atoms with Gasteiger partial charge in [0.15, 0.2) is 4.90 Å². The molecule has 0 saturated carbocycles. The van der Waals surface area contributed by atoms with E-state index >= 15 is 0 Å². The molecule has 29 heavy (non-hydrogen) atoms. The first kappa shape index (κ1) is 21.1. The lowest BCUT2D eigenvalue weighted by Crippen LogP contribution is -2.60. The van der Waals surface area contributed by atoms with Crippen LogP contribution in [0.25, 0.3) is 0 Å². The van der Waals surface area contributed by atoms with Crippen molar-refractivity contribution < 1.29 is 26.5 Å². The number of nitrogens with zero attached hydrogens (tertiary/aromatic N) is 3. The molecule has 1 atom stereocenters. The van der Waals surface area contributed by atoms with Crippen LogP contribution in [0.15, 0.2) is 53.4 Å². The smallest absolute Gasteiger partial charge is 0.368 e. The van der Waals surface area contributed by atoms with Crippen LogP contribution in [0.1, 0.15) is 5.56 Å². The third kappa shape index (κ3) is 4.06. The third-order valence-electron chi connectivity index (χ3n) is 4.81. The first-order chi connectivity index (χ1) is 13.5. The molecule has 0 aliphatic carbocycles. The van der Waals surface area contributed by atoms with E-state index < -0.39 is 50.8 Å². The molecule has 3 rings (SSSR count). The van der Waals surface area contributed by atoms with Crippen molar-refractivity contribution in [2.45, 2.75) is 24.0 Å². The summed E-state index contributed by atoms with van der Waals surface area (Å²) in [5, 5.41) is 11.2. The van der Waals surface area contributed by atoms with Gasteiger partial charge >= 0.3 is 6.18 Å². The van der Waals surface area contributed by atoms with Gasteiger partial charge in [0, 0.05) is 31.4 Å². The molecule has 1 unspecified atom stereocenters. The molecule has 1 fully saturated rings. The Morgan fingerprint density at radius 2 is 1.69 bits per heavy atom. The molecule has 1 heterocycles. The Balaban J connectivity index is 2.02. The molecular formula is C18H18F3N3O4S. The molecular weight excluding hydrogens is 411 g/mol. The summed E-state index contributed by atoms with van der Waals surface area (Å²) in [5.74, 6) is 0. The number of alkyl halides is 3. The Hall–Kier alpha value is -2.66. The highest BCUT2D eigenvalue weighted by Crippen LogP contribution is 2.36. The highest BCUT2D eigenvalue weighted by atomic mass is 32.2. The number of sulfonamides is 1. The molecule has 156 valence electrons. The van der Waals surface area contributed by atoms with Gasteiger partial charge < -0.3 is 4.90 Å². The minimum absolute atomic E-state index is 0.0251. The summed E-state index contributed by atoms with van der Waals surface area (Å²) in [5.41, 5.74) is 0.600. The SMILES string of the molecule is Cc1ccccc1N1CCN(S(=O)(=O)c2ccccc2[N+](=O)[O-])C(C(F)(F)F)C1. The largest absolute Gasteiger partial charge is 0.406 e. The van der Waals surface area contributed by atoms with E-state index in [9.17, 15) is 31.7 Å². The second-order valence-electron chi connectivity index (χ2n) is 6.63. The van der Waals surface area contributed by atoms with E-state index in [0.29, 0.717) is 9.99 Å². The molecule has 7 nitrogen and oxygen atoms in total. The summed E-state index contributed by atoms with van der Waals surface area (Å²) in [7, 11) is -4.74. The predicted molar refractivity (Wildman–Crippen MR) is 100 cm³/mol. The van der Waals surface area contributed by atoms with E-state index in [4.69, 9.17) is 0 Å². The van der Waals surface area contributed by atoms with Crippen LogP contribution in [-0.4, -0.2) is 49.5 Å². The number of anilines is 1. The van der Waals surface area contributed by atoms with Gasteiger partial charge in [-0.2, -0.15) is 17.5 Å². The lowest BCUT2D eigenvalue weighted by Gasteiger charge is -2.42. The fourth-order valence-electron chi connectivity index (χ4n) is 3.41. The summed E-state index contributed by atoms with van der Waals surface area (Å²) in [4.78, 5) is 11.0. The normalized spacial score (nSPS) is 18.6. The highest BCUT2D eigenvalue weighted by Gasteiger charge is 2.52. The number of aryl methyl sites for hydroxylation is 1. The summed E-state index contributed by atoms with van der Waals surface area (Å²) in [6, 6.07) is 8.97. The van der Waals surface area contributed by atoms with Crippen molar-refractivity contribution in [1.29, 1.82) is 0 Å². The molecule has 0 aromatic heterocycles. The number of nitro groups is 1. The maximum atomic E-state index is 13.8. The second kappa shape index (κ2) is 7.64. The maximum Gasteiger partial charge on any atom is 0.406 e. The Bertz CT molecular complexity index is 1030. The molecule has 1 aliphatic heterocycles. The van der Waals surface area contributed by atoms with Gasteiger partial charge in [0.2, 0.25) is 0 Å². The highest BCUT2D eigenvalue weighted by molar-refractivity contribution is 7.89. The average Bonchev–Trinajstić information content (AvgIpc) is 2.67. The van der Waals surface area contributed by atoms with Crippen molar-refractivity contribution in [2.24, 2.45) is 0 Å². The van der Waals surface area contributed by atoms with Crippen LogP contribution < -0.4 is 4.90 Å². The van der Waals surface area contributed by atoms with Crippen LogP contribution in [0, 0.1) is 17.0 Å². The summed E-state index contributed by atoms with van der Waals surface area (Å²) < 4.78 is 67.7. The molecule has 1 saturated heterocycles. The Morgan fingerprint density at radius 1 is 1.07 bits per heavy atom. The fourth-order valence-corrected chi connectivity index (χ4v) is 5.16. The standard InChI is InChI=1S/C18H18F3N3O4S/c1-13-6-2-3-7-14(13)22-10-11-23(17(12-22)18(19,20)21)29(27,28)16-9-5-4-8-15(16)24(25)26/h2-9,17H,10-12H2,1H3. The molecule has 2 aromatic rings. The second-order valence-corrected chi connectivity index (χ2v) is 8.49. The number of hydrogen-bond acceptors (Lipinski definition) is 5. The summed E-state index contributed by atoms with van der Waals surface area (Å²) in [6.45, 7) is 0.729. The lowest BCUT2D eigenvalue weighted by atomic mass is 10.1. The lowest BCUT2D eigenvalue weighted by molar-refractivity contribution is -0.387. The zero-order valence-electron chi connectivity index (χ0n) is 15.3. The number of piperazine rings is 1. The monoisotopic (exact) mass is 429 g/mol. The van der Waals surface area contributed by atoms with Gasteiger partial charge in [-0.3, -0.25) is 10.1 Å². The van der Waals surface area contributed by atoms with E-state index in [1.54, 1.807) is 31.2 Å². The Labute approximate surface area is 165 Å². The number of para-hydroxylation sites is 2. The van der Waals surface area contributed by atoms with E-state index in [-0.39, 0.29) is 6.54 Å². The van der Waals surface area contributed by atoms with Gasteiger partial charge in [0.05, 0.1) is 4.92 Å². The summed E-state index contributed by atoms with van der Waals surface area (Å²) in [6.07, 6.45) is -4.85. The van der Waals surface area contributed by atoms with E-state index in [2.05, 4.69) is 0 Å². The van der Waals surface area contributed by atoms with Crippen molar-refractivity contribution in [1.82, 2.24) is 4.31 Å². The van der Waals surface area contributed by atoms with Crippen LogP contribution >= 0.6 is 0 Å². The number of nitro benzene ring substituents is 1. The van der Waals surface area contributed by atoms with E-state index in [1.807, 2.05) is 0 Å². The van der Waals surface area contributed by atoms with Crippen molar-refractivity contribution in [3.05, 3.63) is 64.2 Å². The van der Waals surface area contributed by atoms with Crippen LogP contribution in [0.4, 0.5) is 24.5 Å². The van der Waals surface area contributed by atoms with E-state index in [0.717, 1.165) is 17.7 Å². The van der Waals surface area contributed by atoms with Crippen LogP contribution in [0.3, 0.4) is 0 Å². The Kier molecular flexibility index (Phi) is 5.54. The fraction of sp³-hybridized carbons (Fsp3) is 0.333. The van der Waals surface area contributed by atoms with Gasteiger partial charge in [-0.15, -0.1) is 0 Å². The maximum absolute atomic E-state index is 13.8. The minimum atomic E-state index is -4.85. The molecule has 0 spiro atoms. The quantitative estimate of drug-likeness (QED) is 0.550. The number of benzene rings is 2. The van der Waals surface area contributed by atoms with Gasteiger partial charge in [0.1, 0.15) is 6.04 Å². The molecule has 1 aliphatic rings. The topological polar surface area (TPSA) is 83.8 Å². The van der Waals surface area contributed by atoms with Crippen LogP contribution in [0.2, 0.25) is 0 Å². The first-order valence-corrected chi connectivity index (χ1v) is 10.1. The third-order valence-corrected chi connectivity index (χ3v) is 6.77. The van der Waals surface area contributed by atoms with Gasteiger partial charge in [-0.05, 0) is 24.6 Å². The van der Waals surface area contributed by atoms with Crippen LogP contribution in [-0.2, 0) is 10.0 Å². The van der Waals surface area contributed by atoms with Gasteiger partial charge in [-0.25, -0.2) is 8.42 Å². The van der Waals surface area contributed by atoms with Crippen molar-refractivity contribution in [3.63, 3.8) is 0 Å². The van der Waals surface area contributed by atoms with Crippen LogP contribution in [0.5, 0.6) is 0 Å². The van der Waals surface area contributed by atoms with Crippen molar-refractivity contribution in [3.8, 4) is 0 Å². The Morgan fingerprint density at radius 3 is 2.31 bits per heavy atom. The zero-order valence-corrected chi connectivity index (χ0v) is 16.2. The average molecular weight is 429 g/mol. The number of rotatable bonds is 4. The predicted octanol–water partition coefficient (Wildman–Crippen LogP) is 3.35. The molecule has 0 radical (unpaired) electrons. The molecule has 0 bridgehead atoms. The molecule has 0 amide bonds. The van der Waals surface area contributed by atoms with Gasteiger partial charge in [-0.1, -0.05) is 30.3 Å². The molecule has 0 N–H and O–H groups in total. The van der Waals surface area contributed by atoms with Gasteiger partial charge in [0.25, 0.3) is 15.7 Å². The first-order valence-electron chi connectivity index (χ1n) is 8.66. The number of hydrogen-bond donors (Lipinski definition) is 0. The van der Waals surface area contributed by atoms with E-state index in [1.165, 1.54) is 17.0 Å². The van der Waals surface area contributed by atoms with Crippen molar-refractivity contribution in [2.75, 3.05) is 24.5 Å². The number of halogens is 3. The molecule has 2 aromatic carbocycles.